The molecule has 0 radical (unpaired) electrons. The number of hydrogen-bond acceptors (Lipinski definition) is 3. The zero-order valence-electron chi connectivity index (χ0n) is 15.5. The minimum atomic E-state index is 0.0618. The van der Waals surface area contributed by atoms with Crippen LogP contribution < -0.4 is 0 Å². The van der Waals surface area contributed by atoms with Gasteiger partial charge in [-0.05, 0) is 78.9 Å². The molecule has 0 spiro atoms. The second-order valence-corrected chi connectivity index (χ2v) is 7.27. The van der Waals surface area contributed by atoms with Crippen LogP contribution in [0.3, 0.4) is 0 Å². The average Bonchev–Trinajstić information content (AvgIpc) is 2.63. The Balaban J connectivity index is 1.97. The molecular weight excluding hydrogens is 322 g/mol. The van der Waals surface area contributed by atoms with Crippen LogP contribution in [0.25, 0.3) is 11.6 Å². The van der Waals surface area contributed by atoms with Gasteiger partial charge in [0.1, 0.15) is 5.75 Å². The smallest absolute Gasteiger partial charge is 0.116 e. The Labute approximate surface area is 155 Å². The van der Waals surface area contributed by atoms with E-state index in [9.17, 15) is 10.2 Å². The Morgan fingerprint density at radius 3 is 2.65 bits per heavy atom. The van der Waals surface area contributed by atoms with Crippen molar-refractivity contribution in [3.05, 3.63) is 76.9 Å². The van der Waals surface area contributed by atoms with Crippen LogP contribution in [0.15, 0.2) is 60.2 Å². The normalized spacial score (nSPS) is 19.0. The molecular formula is C23H27NO2. The second-order valence-electron chi connectivity index (χ2n) is 7.27. The first kappa shape index (κ1) is 18.4. The first-order valence-corrected chi connectivity index (χ1v) is 9.11. The number of aliphatic hydroxyl groups is 1. The highest BCUT2D eigenvalue weighted by Crippen LogP contribution is 2.36. The molecule has 1 aliphatic carbocycles. The summed E-state index contributed by atoms with van der Waals surface area (Å²) >= 11 is 0. The van der Waals surface area contributed by atoms with Gasteiger partial charge >= 0.3 is 0 Å². The largest absolute Gasteiger partial charge is 0.508 e. The van der Waals surface area contributed by atoms with Crippen molar-refractivity contribution in [3.8, 4) is 5.75 Å². The molecule has 0 aliphatic heterocycles. The van der Waals surface area contributed by atoms with Gasteiger partial charge in [0.25, 0.3) is 0 Å². The lowest BCUT2D eigenvalue weighted by atomic mass is 9.81. The summed E-state index contributed by atoms with van der Waals surface area (Å²) in [7, 11) is 4.21. The summed E-state index contributed by atoms with van der Waals surface area (Å²) in [6.45, 7) is 1.06. The molecule has 1 unspecified atom stereocenters. The Bertz CT molecular complexity index is 820. The molecule has 3 rings (SSSR count). The van der Waals surface area contributed by atoms with Crippen molar-refractivity contribution < 1.29 is 10.2 Å². The van der Waals surface area contributed by atoms with E-state index in [4.69, 9.17) is 0 Å². The number of rotatable bonds is 5. The van der Waals surface area contributed by atoms with Crippen molar-refractivity contribution in [2.75, 3.05) is 20.6 Å². The summed E-state index contributed by atoms with van der Waals surface area (Å²) in [5, 5.41) is 19.2. The molecule has 0 fully saturated rings. The van der Waals surface area contributed by atoms with Crippen molar-refractivity contribution in [3.63, 3.8) is 0 Å². The van der Waals surface area contributed by atoms with Crippen LogP contribution in [0, 0.1) is 5.92 Å². The maximum absolute atomic E-state index is 9.89. The SMILES string of the molecule is CN(C)CC1CCC(=Cc2cccc(CO)c2)C=C1c1cccc(O)c1. The van der Waals surface area contributed by atoms with Gasteiger partial charge in [-0.15, -0.1) is 0 Å². The number of hydrogen-bond donors (Lipinski definition) is 2. The number of aromatic hydroxyl groups is 1. The quantitative estimate of drug-likeness (QED) is 0.845. The van der Waals surface area contributed by atoms with Gasteiger partial charge in [-0.25, -0.2) is 0 Å². The number of phenols is 1. The lowest BCUT2D eigenvalue weighted by Crippen LogP contribution is -2.24. The molecule has 0 heterocycles. The fraction of sp³-hybridized carbons (Fsp3) is 0.304. The number of allylic oxidation sites excluding steroid dienone is 2. The van der Waals surface area contributed by atoms with Gasteiger partial charge in [0.2, 0.25) is 0 Å². The third-order valence-corrected chi connectivity index (χ3v) is 4.81. The molecule has 2 N–H and O–H groups in total. The molecule has 1 atom stereocenters. The van der Waals surface area contributed by atoms with Crippen molar-refractivity contribution in [1.29, 1.82) is 0 Å². The molecule has 2 aromatic rings. The van der Waals surface area contributed by atoms with Gasteiger partial charge in [-0.3, -0.25) is 0 Å². The fourth-order valence-corrected chi connectivity index (χ4v) is 3.63. The Morgan fingerprint density at radius 2 is 1.92 bits per heavy atom. The maximum atomic E-state index is 9.89. The van der Waals surface area contributed by atoms with E-state index >= 15 is 0 Å². The zero-order chi connectivity index (χ0) is 18.5. The minimum Gasteiger partial charge on any atom is -0.508 e. The summed E-state index contributed by atoms with van der Waals surface area (Å²) in [5.41, 5.74) is 5.70. The molecule has 0 bridgehead atoms. The van der Waals surface area contributed by atoms with Crippen molar-refractivity contribution in [2.45, 2.75) is 19.4 Å². The van der Waals surface area contributed by atoms with Gasteiger partial charge in [0, 0.05) is 6.54 Å². The molecule has 0 saturated heterocycles. The van der Waals surface area contributed by atoms with Gasteiger partial charge < -0.3 is 15.1 Å². The lowest BCUT2D eigenvalue weighted by molar-refractivity contribution is 0.282. The highest BCUT2D eigenvalue weighted by atomic mass is 16.3. The molecule has 1 aliphatic rings. The molecule has 0 amide bonds. The van der Waals surface area contributed by atoms with Crippen molar-refractivity contribution in [1.82, 2.24) is 4.90 Å². The minimum absolute atomic E-state index is 0.0618. The highest BCUT2D eigenvalue weighted by Gasteiger charge is 2.22. The van der Waals surface area contributed by atoms with Crippen LogP contribution in [-0.4, -0.2) is 35.8 Å². The molecule has 3 nitrogen and oxygen atoms in total. The molecule has 2 aromatic carbocycles. The summed E-state index contributed by atoms with van der Waals surface area (Å²) in [5.74, 6) is 0.756. The van der Waals surface area contributed by atoms with Gasteiger partial charge in [0.05, 0.1) is 6.61 Å². The summed E-state index contributed by atoms with van der Waals surface area (Å²) in [4.78, 5) is 2.22. The molecule has 0 aromatic heterocycles. The first-order valence-electron chi connectivity index (χ1n) is 9.11. The van der Waals surface area contributed by atoms with Crippen LogP contribution in [-0.2, 0) is 6.61 Å². The zero-order valence-corrected chi connectivity index (χ0v) is 15.5. The van der Waals surface area contributed by atoms with E-state index in [1.54, 1.807) is 6.07 Å². The predicted molar refractivity (Wildman–Crippen MR) is 108 cm³/mol. The highest BCUT2D eigenvalue weighted by molar-refractivity contribution is 5.74. The molecule has 26 heavy (non-hydrogen) atoms. The maximum Gasteiger partial charge on any atom is 0.116 e. The van der Waals surface area contributed by atoms with Gasteiger partial charge in [0.15, 0.2) is 0 Å². The standard InChI is InChI=1S/C23H27NO2/c1-24(2)15-21-10-9-18(11-17-5-3-6-19(12-17)16-25)13-23(21)20-7-4-8-22(26)14-20/h3-8,11-14,21,25-26H,9-10,15-16H2,1-2H3. The van der Waals surface area contributed by atoms with E-state index in [2.05, 4.69) is 43.3 Å². The number of aliphatic hydroxyl groups excluding tert-OH is 1. The Morgan fingerprint density at radius 1 is 1.12 bits per heavy atom. The number of phenolic OH excluding ortho intramolecular Hbond substituents is 1. The van der Waals surface area contributed by atoms with Gasteiger partial charge in [-0.2, -0.15) is 0 Å². The van der Waals surface area contributed by atoms with Crippen LogP contribution in [0.5, 0.6) is 5.75 Å². The average molecular weight is 349 g/mol. The summed E-state index contributed by atoms with van der Waals surface area (Å²) in [6.07, 6.45) is 6.60. The van der Waals surface area contributed by atoms with Crippen molar-refractivity contribution >= 4 is 11.6 Å². The van der Waals surface area contributed by atoms with Crippen LogP contribution in [0.1, 0.15) is 29.5 Å². The summed E-state index contributed by atoms with van der Waals surface area (Å²) < 4.78 is 0. The van der Waals surface area contributed by atoms with E-state index in [0.717, 1.165) is 36.1 Å². The van der Waals surface area contributed by atoms with E-state index in [1.807, 2.05) is 30.3 Å². The van der Waals surface area contributed by atoms with E-state index in [-0.39, 0.29) is 6.61 Å². The van der Waals surface area contributed by atoms with Gasteiger partial charge in [-0.1, -0.05) is 42.5 Å². The second kappa shape index (κ2) is 8.35. The monoisotopic (exact) mass is 349 g/mol. The van der Waals surface area contributed by atoms with E-state index < -0.39 is 0 Å². The Hall–Kier alpha value is -2.36. The molecule has 136 valence electrons. The molecule has 0 saturated carbocycles. The number of nitrogens with zero attached hydrogens (tertiary/aromatic N) is 1. The van der Waals surface area contributed by atoms with Crippen LogP contribution in [0.2, 0.25) is 0 Å². The lowest BCUT2D eigenvalue weighted by Gasteiger charge is -2.28. The predicted octanol–water partition coefficient (Wildman–Crippen LogP) is 4.32. The topological polar surface area (TPSA) is 43.7 Å². The van der Waals surface area contributed by atoms with Crippen molar-refractivity contribution in [2.24, 2.45) is 5.92 Å². The van der Waals surface area contributed by atoms with Crippen LogP contribution >= 0.6 is 0 Å². The van der Waals surface area contributed by atoms with E-state index in [0.29, 0.717) is 11.7 Å². The summed E-state index contributed by atoms with van der Waals surface area (Å²) in [6, 6.07) is 15.6. The number of benzene rings is 2. The Kier molecular flexibility index (Phi) is 5.92. The van der Waals surface area contributed by atoms with Crippen LogP contribution in [0.4, 0.5) is 0 Å². The third-order valence-electron chi connectivity index (χ3n) is 4.81. The first-order chi connectivity index (χ1) is 12.5. The van der Waals surface area contributed by atoms with E-state index in [1.165, 1.54) is 11.1 Å². The molecule has 3 heteroatoms. The third kappa shape index (κ3) is 4.63. The fourth-order valence-electron chi connectivity index (χ4n) is 3.63.